The van der Waals surface area contributed by atoms with E-state index >= 15 is 0 Å². The monoisotopic (exact) mass is 232 g/mol. The van der Waals surface area contributed by atoms with Crippen LogP contribution in [-0.2, 0) is 11.3 Å². The van der Waals surface area contributed by atoms with Gasteiger partial charge >= 0.3 is 5.97 Å². The van der Waals surface area contributed by atoms with Crippen LogP contribution < -0.4 is 5.73 Å². The largest absolute Gasteiger partial charge is 0.480 e. The third-order valence-electron chi connectivity index (χ3n) is 2.99. The lowest BCUT2D eigenvalue weighted by Crippen LogP contribution is -2.23. The molecule has 17 heavy (non-hydrogen) atoms. The van der Waals surface area contributed by atoms with Crippen LogP contribution in [0.5, 0.6) is 0 Å². The number of carboxylic acid groups (broad SMARTS) is 1. The predicted molar refractivity (Wildman–Crippen MR) is 66.9 cm³/mol. The number of rotatable bonds is 3. The van der Waals surface area contributed by atoms with Gasteiger partial charge in [-0.3, -0.25) is 4.79 Å². The average molecular weight is 232 g/mol. The molecular weight excluding hydrogens is 216 g/mol. The molecule has 0 aliphatic heterocycles. The van der Waals surface area contributed by atoms with Crippen molar-refractivity contribution in [2.45, 2.75) is 26.4 Å². The van der Waals surface area contributed by atoms with E-state index < -0.39 is 12.0 Å². The Kier molecular flexibility index (Phi) is 2.90. The minimum atomic E-state index is -1.00. The van der Waals surface area contributed by atoms with Crippen molar-refractivity contribution in [1.82, 2.24) is 4.57 Å². The third kappa shape index (κ3) is 1.91. The molecule has 3 N–H and O–H groups in total. The first-order valence-electron chi connectivity index (χ1n) is 5.62. The summed E-state index contributed by atoms with van der Waals surface area (Å²) in [7, 11) is 0. The van der Waals surface area contributed by atoms with Crippen molar-refractivity contribution < 1.29 is 9.90 Å². The second-order valence-electron chi connectivity index (χ2n) is 4.19. The van der Waals surface area contributed by atoms with Crippen molar-refractivity contribution in [3.05, 3.63) is 35.5 Å². The molecule has 4 heteroatoms. The molecule has 0 aliphatic carbocycles. The number of carbonyl (C=O) groups is 1. The van der Waals surface area contributed by atoms with Crippen molar-refractivity contribution in [3.63, 3.8) is 0 Å². The molecule has 2 aromatic rings. The minimum absolute atomic E-state index is 0.653. The first-order chi connectivity index (χ1) is 8.04. The Balaban J connectivity index is 2.68. The van der Waals surface area contributed by atoms with Gasteiger partial charge in [0.2, 0.25) is 0 Å². The van der Waals surface area contributed by atoms with Crippen molar-refractivity contribution in [1.29, 1.82) is 0 Å². The highest BCUT2D eigenvalue weighted by atomic mass is 16.4. The summed E-state index contributed by atoms with van der Waals surface area (Å²) >= 11 is 0. The fourth-order valence-corrected chi connectivity index (χ4v) is 2.12. The molecule has 0 amide bonds. The second kappa shape index (κ2) is 4.22. The molecule has 2 rings (SSSR count). The van der Waals surface area contributed by atoms with Gasteiger partial charge in [0.25, 0.3) is 0 Å². The number of hydrogen-bond acceptors (Lipinski definition) is 2. The van der Waals surface area contributed by atoms with E-state index in [2.05, 4.69) is 6.07 Å². The van der Waals surface area contributed by atoms with Crippen molar-refractivity contribution in [2.75, 3.05) is 0 Å². The van der Waals surface area contributed by atoms with Crippen LogP contribution in [0.1, 0.15) is 24.2 Å². The molecule has 1 aromatic heterocycles. The smallest absolute Gasteiger partial charge is 0.326 e. The zero-order chi connectivity index (χ0) is 12.6. The summed E-state index contributed by atoms with van der Waals surface area (Å²) in [6, 6.07) is 6.95. The molecular formula is C13H16N2O2. The van der Waals surface area contributed by atoms with Crippen LogP contribution in [0, 0.1) is 6.92 Å². The molecule has 0 radical (unpaired) electrons. The summed E-state index contributed by atoms with van der Waals surface area (Å²) < 4.78 is 1.96. The standard InChI is InChI=1S/C13H16N2O2/c1-3-15-10-6-8(2)4-5-9(10)7-11(15)12(14)13(16)17/h4-7,12H,3,14H2,1-2H3,(H,16,17). The number of aliphatic carboxylic acids is 1. The number of nitrogens with zero attached hydrogens (tertiary/aromatic N) is 1. The van der Waals surface area contributed by atoms with Gasteiger partial charge in [0, 0.05) is 17.8 Å². The van der Waals surface area contributed by atoms with Crippen LogP contribution in [0.25, 0.3) is 10.9 Å². The molecule has 1 heterocycles. The summed E-state index contributed by atoms with van der Waals surface area (Å²) in [5, 5.41) is 10.0. The predicted octanol–water partition coefficient (Wildman–Crippen LogP) is 2.05. The Morgan fingerprint density at radius 2 is 2.18 bits per heavy atom. The van der Waals surface area contributed by atoms with Crippen LogP contribution in [-0.4, -0.2) is 15.6 Å². The lowest BCUT2D eigenvalue weighted by atomic mass is 10.2. The SMILES string of the molecule is CCn1c(C(N)C(=O)O)cc2ccc(C)cc21. The topological polar surface area (TPSA) is 68.2 Å². The number of nitrogens with two attached hydrogens (primary N) is 1. The Labute approximate surface area is 99.7 Å². The molecule has 0 fully saturated rings. The van der Waals surface area contributed by atoms with E-state index in [0.29, 0.717) is 12.2 Å². The Morgan fingerprint density at radius 1 is 1.47 bits per heavy atom. The van der Waals surface area contributed by atoms with Crippen LogP contribution in [0.15, 0.2) is 24.3 Å². The number of hydrogen-bond donors (Lipinski definition) is 2. The second-order valence-corrected chi connectivity index (χ2v) is 4.19. The highest BCUT2D eigenvalue weighted by Crippen LogP contribution is 2.24. The molecule has 1 unspecified atom stereocenters. The molecule has 0 saturated carbocycles. The van der Waals surface area contributed by atoms with Gasteiger partial charge < -0.3 is 15.4 Å². The summed E-state index contributed by atoms with van der Waals surface area (Å²) in [5.41, 5.74) is 8.54. The zero-order valence-corrected chi connectivity index (χ0v) is 9.97. The fourth-order valence-electron chi connectivity index (χ4n) is 2.12. The molecule has 0 spiro atoms. The normalized spacial score (nSPS) is 12.9. The number of aromatic nitrogens is 1. The van der Waals surface area contributed by atoms with Crippen LogP contribution >= 0.6 is 0 Å². The van der Waals surface area contributed by atoms with E-state index in [1.807, 2.05) is 36.6 Å². The molecule has 0 saturated heterocycles. The van der Waals surface area contributed by atoms with E-state index in [-0.39, 0.29) is 0 Å². The number of carboxylic acids is 1. The van der Waals surface area contributed by atoms with Gasteiger partial charge in [-0.25, -0.2) is 0 Å². The van der Waals surface area contributed by atoms with Crippen LogP contribution in [0.3, 0.4) is 0 Å². The first-order valence-corrected chi connectivity index (χ1v) is 5.62. The molecule has 0 aliphatic rings. The minimum Gasteiger partial charge on any atom is -0.480 e. The lowest BCUT2D eigenvalue weighted by Gasteiger charge is -2.11. The Hall–Kier alpha value is -1.81. The maximum atomic E-state index is 11.0. The maximum Gasteiger partial charge on any atom is 0.326 e. The van der Waals surface area contributed by atoms with Crippen molar-refractivity contribution in [2.24, 2.45) is 5.73 Å². The van der Waals surface area contributed by atoms with Crippen LogP contribution in [0.2, 0.25) is 0 Å². The van der Waals surface area contributed by atoms with E-state index in [4.69, 9.17) is 10.8 Å². The fraction of sp³-hybridized carbons (Fsp3) is 0.308. The molecule has 4 nitrogen and oxygen atoms in total. The molecule has 0 bridgehead atoms. The number of fused-ring (bicyclic) bond motifs is 1. The number of benzene rings is 1. The van der Waals surface area contributed by atoms with E-state index in [1.54, 1.807) is 0 Å². The molecule has 90 valence electrons. The highest BCUT2D eigenvalue weighted by molar-refractivity contribution is 5.85. The van der Waals surface area contributed by atoms with Crippen LogP contribution in [0.4, 0.5) is 0 Å². The summed E-state index contributed by atoms with van der Waals surface area (Å²) in [6.45, 7) is 4.71. The van der Waals surface area contributed by atoms with E-state index in [1.165, 1.54) is 0 Å². The Bertz CT molecular complexity index is 572. The third-order valence-corrected chi connectivity index (χ3v) is 2.99. The summed E-state index contributed by atoms with van der Waals surface area (Å²) in [6.07, 6.45) is 0. The van der Waals surface area contributed by atoms with Gasteiger partial charge in [0.1, 0.15) is 6.04 Å². The first kappa shape index (κ1) is 11.7. The number of aryl methyl sites for hydroxylation is 2. The van der Waals surface area contributed by atoms with Crippen molar-refractivity contribution in [3.8, 4) is 0 Å². The van der Waals surface area contributed by atoms with E-state index in [9.17, 15) is 4.79 Å². The average Bonchev–Trinajstić information content (AvgIpc) is 2.65. The summed E-state index contributed by atoms with van der Waals surface area (Å²) in [4.78, 5) is 11.0. The zero-order valence-electron chi connectivity index (χ0n) is 9.97. The summed E-state index contributed by atoms with van der Waals surface area (Å²) in [5.74, 6) is -1.00. The van der Waals surface area contributed by atoms with E-state index in [0.717, 1.165) is 16.5 Å². The van der Waals surface area contributed by atoms with Crippen molar-refractivity contribution >= 4 is 16.9 Å². The van der Waals surface area contributed by atoms with Gasteiger partial charge in [-0.15, -0.1) is 0 Å². The van der Waals surface area contributed by atoms with Gasteiger partial charge in [0.05, 0.1) is 0 Å². The maximum absolute atomic E-state index is 11.0. The lowest BCUT2D eigenvalue weighted by molar-refractivity contribution is -0.138. The van der Waals surface area contributed by atoms with Gasteiger partial charge in [0.15, 0.2) is 0 Å². The Morgan fingerprint density at radius 3 is 2.76 bits per heavy atom. The quantitative estimate of drug-likeness (QED) is 0.851. The van der Waals surface area contributed by atoms with Gasteiger partial charge in [-0.2, -0.15) is 0 Å². The highest BCUT2D eigenvalue weighted by Gasteiger charge is 2.19. The molecule has 1 aromatic carbocycles. The molecule has 1 atom stereocenters. The van der Waals surface area contributed by atoms with Gasteiger partial charge in [-0.1, -0.05) is 12.1 Å². The van der Waals surface area contributed by atoms with Gasteiger partial charge in [-0.05, 0) is 36.9 Å².